The number of likely N-dealkylation sites (tertiary alicyclic amines) is 1. The van der Waals surface area contributed by atoms with Crippen molar-refractivity contribution in [2.45, 2.75) is 170 Å². The molecule has 0 spiro atoms. The van der Waals surface area contributed by atoms with Gasteiger partial charge >= 0.3 is 5.97 Å². The summed E-state index contributed by atoms with van der Waals surface area (Å²) in [6.07, 6.45) is -20.0. The van der Waals surface area contributed by atoms with Crippen LogP contribution in [0.4, 0.5) is 4.39 Å². The van der Waals surface area contributed by atoms with Crippen molar-refractivity contribution in [1.29, 1.82) is 0 Å². The number of ether oxygens (including phenoxy) is 8. The van der Waals surface area contributed by atoms with Crippen LogP contribution in [0.2, 0.25) is 0 Å². The lowest BCUT2D eigenvalue weighted by Crippen LogP contribution is -2.64. The summed E-state index contributed by atoms with van der Waals surface area (Å²) in [5, 5.41) is 96.6. The molecule has 1 saturated carbocycles. The summed E-state index contributed by atoms with van der Waals surface area (Å²) in [4.78, 5) is 29.4. The molecule has 5 fully saturated rings. The molecule has 1 aromatic heterocycles. The first-order chi connectivity index (χ1) is 35.1. The molecule has 2 aromatic carbocycles. The number of amides is 1. The molecule has 8 rings (SSSR count). The largest absolute Gasteiger partial charge is 0.450 e. The predicted octanol–water partition coefficient (Wildman–Crippen LogP) is 0.205. The van der Waals surface area contributed by atoms with Gasteiger partial charge < -0.3 is 83.6 Å². The van der Waals surface area contributed by atoms with E-state index >= 15 is 0 Å². The van der Waals surface area contributed by atoms with Gasteiger partial charge in [0.1, 0.15) is 78.6 Å². The van der Waals surface area contributed by atoms with Crippen LogP contribution in [-0.4, -0.2) is 210 Å². The van der Waals surface area contributed by atoms with Crippen molar-refractivity contribution in [3.05, 3.63) is 72.2 Å². The number of rotatable bonds is 19. The van der Waals surface area contributed by atoms with Crippen molar-refractivity contribution in [3.8, 4) is 11.3 Å². The van der Waals surface area contributed by atoms with Gasteiger partial charge in [0.25, 0.3) is 5.91 Å². The molecule has 20 atom stereocenters. The lowest BCUT2D eigenvalue weighted by atomic mass is 9.76. The molecule has 1 aliphatic carbocycles. The highest BCUT2D eigenvalue weighted by molar-refractivity contribution is 5.89. The smallest absolute Gasteiger partial charge is 0.338 e. The van der Waals surface area contributed by atoms with Crippen molar-refractivity contribution in [1.82, 2.24) is 19.9 Å². The lowest BCUT2D eigenvalue weighted by molar-refractivity contribution is -0.351. The topological polar surface area (TPSA) is 304 Å². The van der Waals surface area contributed by atoms with Gasteiger partial charge in [-0.15, -0.1) is 5.10 Å². The zero-order chi connectivity index (χ0) is 52.1. The van der Waals surface area contributed by atoms with E-state index in [1.54, 1.807) is 29.2 Å². The standard InChI is InChI=1S/C50H69FN4O18/c1-4-11-32(46(64)54-16-10-17-54)68-44-39(60)35(23-57)71-50(45(44)72-47(65)28-12-7-6-8-13-28)69-33-19-26(18-27(5-2)43(33)73-49-42(63)41(62)37(58)25(3)67-49)24-66-48-40(61)36(38(59)34(22-56)70-48)55-21-31(52-53-55)29-14-9-15-30(51)20-29/h6-9,12-15,20-21,25-27,32-45,48-50,56-63H,4-5,10-11,16-19,22-24H2,1-3H3/t25?,26?,27?,32-,33+,34?,35?,36?,37+,38+,39-,40?,41?,42?,43?,44?,45?,48-,49-,50+/m0/s1. The molecular formula is C50H69FN4O18. The highest BCUT2D eigenvalue weighted by Gasteiger charge is 2.54. The highest BCUT2D eigenvalue weighted by Crippen LogP contribution is 2.41. The monoisotopic (exact) mass is 1030 g/mol. The first-order valence-corrected chi connectivity index (χ1v) is 25.2. The first-order valence-electron chi connectivity index (χ1n) is 25.2. The van der Waals surface area contributed by atoms with Gasteiger partial charge in [-0.3, -0.25) is 4.79 Å². The van der Waals surface area contributed by atoms with Gasteiger partial charge in [0.15, 0.2) is 25.0 Å². The maximum atomic E-state index is 14.1. The Hall–Kier alpha value is -4.15. The van der Waals surface area contributed by atoms with Crippen LogP contribution in [0.15, 0.2) is 60.8 Å². The van der Waals surface area contributed by atoms with Crippen molar-refractivity contribution in [2.75, 3.05) is 32.9 Å². The normalized spacial score (nSPS) is 37.3. The fourth-order valence-corrected chi connectivity index (χ4v) is 10.3. The zero-order valence-electron chi connectivity index (χ0n) is 40.9. The van der Waals surface area contributed by atoms with Gasteiger partial charge in [-0.25, -0.2) is 13.9 Å². The molecule has 73 heavy (non-hydrogen) atoms. The van der Waals surface area contributed by atoms with E-state index in [9.17, 15) is 54.8 Å². The summed E-state index contributed by atoms with van der Waals surface area (Å²) in [5.41, 5.74) is 0.789. The number of esters is 1. The number of carbonyl (C=O) groups is 2. The third-order valence-corrected chi connectivity index (χ3v) is 14.6. The van der Waals surface area contributed by atoms with Gasteiger partial charge in [0, 0.05) is 18.7 Å². The molecule has 5 heterocycles. The van der Waals surface area contributed by atoms with Gasteiger partial charge in [-0.2, -0.15) is 0 Å². The number of carbonyl (C=O) groups excluding carboxylic acids is 2. The fraction of sp³-hybridized carbons (Fsp3) is 0.680. The molecule has 8 N–H and O–H groups in total. The Balaban J connectivity index is 1.09. The van der Waals surface area contributed by atoms with Crippen LogP contribution in [0.25, 0.3) is 11.3 Å². The molecule has 4 saturated heterocycles. The van der Waals surface area contributed by atoms with Crippen LogP contribution >= 0.6 is 0 Å². The van der Waals surface area contributed by atoms with E-state index < -0.39 is 147 Å². The quantitative estimate of drug-likeness (QED) is 0.0744. The maximum Gasteiger partial charge on any atom is 0.338 e. The number of hydrogen-bond acceptors (Lipinski definition) is 20. The van der Waals surface area contributed by atoms with E-state index in [4.69, 9.17) is 37.9 Å². The molecule has 1 amide bonds. The van der Waals surface area contributed by atoms with Crippen molar-refractivity contribution < 1.29 is 92.7 Å². The summed E-state index contributed by atoms with van der Waals surface area (Å²) in [5.74, 6) is -2.56. The Morgan fingerprint density at radius 3 is 2.19 bits per heavy atom. The minimum Gasteiger partial charge on any atom is -0.450 e. The lowest BCUT2D eigenvalue weighted by Gasteiger charge is -2.49. The molecule has 22 nitrogen and oxygen atoms in total. The Morgan fingerprint density at radius 2 is 1.52 bits per heavy atom. The van der Waals surface area contributed by atoms with E-state index in [0.29, 0.717) is 37.9 Å². The SMILES string of the molecule is CCC[C@H](OC1C(OC(=O)c2ccccc2)[C@H](O[C@@H]2CC(CO[C@H]3OC(CO)[C@@H](O)C(n4cc(-c5cccc(F)c5)nn4)C3O)CC(CC)C2O[C@@H]2OC(C)[C@@H](O)C(O)C2O)OC(CO)[C@@H]1O)C(=O)N1CCC1. The average Bonchev–Trinajstić information content (AvgIpc) is 3.86. The van der Waals surface area contributed by atoms with E-state index in [1.807, 2.05) is 13.8 Å². The average molecular weight is 1030 g/mol. The summed E-state index contributed by atoms with van der Waals surface area (Å²) >= 11 is 0. The molecule has 3 aromatic rings. The van der Waals surface area contributed by atoms with E-state index in [2.05, 4.69) is 10.3 Å². The minimum atomic E-state index is -1.70. The molecule has 12 unspecified atom stereocenters. The van der Waals surface area contributed by atoms with E-state index in [-0.39, 0.29) is 36.6 Å². The number of benzene rings is 2. The Labute approximate surface area is 421 Å². The van der Waals surface area contributed by atoms with Crippen LogP contribution in [0.5, 0.6) is 0 Å². The molecule has 5 aliphatic rings. The summed E-state index contributed by atoms with van der Waals surface area (Å²) in [6, 6.07) is 12.4. The Morgan fingerprint density at radius 1 is 0.795 bits per heavy atom. The second kappa shape index (κ2) is 24.7. The molecule has 4 aliphatic heterocycles. The van der Waals surface area contributed by atoms with E-state index in [1.165, 1.54) is 48.1 Å². The number of halogens is 1. The Kier molecular flexibility index (Phi) is 18.6. The molecule has 0 radical (unpaired) electrons. The third kappa shape index (κ3) is 12.3. The van der Waals surface area contributed by atoms with Crippen molar-refractivity contribution >= 4 is 11.9 Å². The van der Waals surface area contributed by atoms with E-state index in [0.717, 1.165) is 6.42 Å². The van der Waals surface area contributed by atoms with Crippen molar-refractivity contribution in [3.63, 3.8) is 0 Å². The van der Waals surface area contributed by atoms with Crippen LogP contribution < -0.4 is 0 Å². The number of aromatic nitrogens is 3. The second-order valence-electron chi connectivity index (χ2n) is 19.6. The number of hydrogen-bond donors (Lipinski definition) is 8. The number of aliphatic hydroxyl groups excluding tert-OH is 8. The Bertz CT molecular complexity index is 2250. The summed E-state index contributed by atoms with van der Waals surface area (Å²) < 4.78 is 65.8. The van der Waals surface area contributed by atoms with Gasteiger partial charge in [-0.05, 0) is 68.7 Å². The summed E-state index contributed by atoms with van der Waals surface area (Å²) in [7, 11) is 0. The van der Waals surface area contributed by atoms with Gasteiger partial charge in [0.05, 0.1) is 49.9 Å². The van der Waals surface area contributed by atoms with Crippen LogP contribution in [-0.2, 0) is 42.7 Å². The highest BCUT2D eigenvalue weighted by atomic mass is 19.1. The number of aliphatic hydroxyl groups is 8. The molecular weight excluding hydrogens is 964 g/mol. The minimum absolute atomic E-state index is 0.0616. The van der Waals surface area contributed by atoms with Gasteiger partial charge in [0.2, 0.25) is 0 Å². The third-order valence-electron chi connectivity index (χ3n) is 14.6. The van der Waals surface area contributed by atoms with Crippen LogP contribution in [0, 0.1) is 17.7 Å². The fourth-order valence-electron chi connectivity index (χ4n) is 10.3. The summed E-state index contributed by atoms with van der Waals surface area (Å²) in [6.45, 7) is 4.77. The first kappa shape index (κ1) is 55.1. The molecule has 23 heteroatoms. The van der Waals surface area contributed by atoms with Crippen LogP contribution in [0.1, 0.15) is 75.7 Å². The second-order valence-corrected chi connectivity index (χ2v) is 19.6. The predicted molar refractivity (Wildman–Crippen MR) is 249 cm³/mol. The van der Waals surface area contributed by atoms with Gasteiger partial charge in [-0.1, -0.05) is 62.2 Å². The van der Waals surface area contributed by atoms with Crippen LogP contribution in [0.3, 0.4) is 0 Å². The molecule has 404 valence electrons. The van der Waals surface area contributed by atoms with Crippen molar-refractivity contribution in [2.24, 2.45) is 11.8 Å². The number of nitrogens with zero attached hydrogens (tertiary/aromatic N) is 4. The zero-order valence-corrected chi connectivity index (χ0v) is 40.9. The molecule has 0 bridgehead atoms. The maximum absolute atomic E-state index is 14.1.